The quantitative estimate of drug-likeness (QED) is 0.568. The number of benzene rings is 1. The van der Waals surface area contributed by atoms with Gasteiger partial charge in [0, 0.05) is 32.1 Å². The van der Waals surface area contributed by atoms with Crippen molar-refractivity contribution in [3.63, 3.8) is 0 Å². The second kappa shape index (κ2) is 8.63. The highest BCUT2D eigenvalue weighted by atomic mass is 19.4. The Kier molecular flexibility index (Phi) is 5.74. The topological polar surface area (TPSA) is 78.1 Å². The summed E-state index contributed by atoms with van der Waals surface area (Å²) >= 11 is 0. The number of carbonyl (C=O) groups is 1. The number of carbonyl (C=O) groups excluding carboxylic acids is 1. The van der Waals surface area contributed by atoms with E-state index in [0.717, 1.165) is 12.1 Å². The number of aromatic nitrogens is 3. The number of ether oxygens (including phenoxy) is 1. The van der Waals surface area contributed by atoms with E-state index < -0.39 is 30.1 Å². The SMILES string of the molecule is Cc1cn(-c2c(C[C@H]3C[C@@H](F)[C@H](c4ccc(C(F)(F)F)cc4)O3)cc3n(c2=O)CCNC3=O)cn1. The van der Waals surface area contributed by atoms with Gasteiger partial charge >= 0.3 is 6.18 Å². The number of nitrogens with one attached hydrogen (secondary N) is 1. The van der Waals surface area contributed by atoms with E-state index in [-0.39, 0.29) is 30.0 Å². The fourth-order valence-corrected chi connectivity index (χ4v) is 4.69. The number of halogens is 4. The van der Waals surface area contributed by atoms with Crippen LogP contribution in [0.25, 0.3) is 5.69 Å². The van der Waals surface area contributed by atoms with Gasteiger partial charge in [-0.15, -0.1) is 0 Å². The van der Waals surface area contributed by atoms with Crippen LogP contribution in [0, 0.1) is 6.92 Å². The first-order valence-electron chi connectivity index (χ1n) is 11.1. The van der Waals surface area contributed by atoms with Crippen LogP contribution in [0.3, 0.4) is 0 Å². The maximum absolute atomic E-state index is 14.9. The summed E-state index contributed by atoms with van der Waals surface area (Å²) in [4.78, 5) is 29.9. The molecule has 35 heavy (non-hydrogen) atoms. The molecule has 1 amide bonds. The Labute approximate surface area is 197 Å². The van der Waals surface area contributed by atoms with Crippen molar-refractivity contribution in [2.24, 2.45) is 0 Å². The van der Waals surface area contributed by atoms with Crippen LogP contribution in [-0.4, -0.2) is 38.8 Å². The summed E-state index contributed by atoms with van der Waals surface area (Å²) in [7, 11) is 0. The molecule has 1 saturated heterocycles. The van der Waals surface area contributed by atoms with Crippen molar-refractivity contribution in [2.75, 3.05) is 6.54 Å². The first-order chi connectivity index (χ1) is 16.6. The average Bonchev–Trinajstić information content (AvgIpc) is 3.39. The number of aryl methyl sites for hydroxylation is 1. The van der Waals surface area contributed by atoms with Gasteiger partial charge in [0.2, 0.25) is 0 Å². The molecule has 7 nitrogen and oxygen atoms in total. The van der Waals surface area contributed by atoms with E-state index in [9.17, 15) is 27.2 Å². The van der Waals surface area contributed by atoms with Crippen LogP contribution in [0.1, 0.15) is 45.4 Å². The third-order valence-electron chi connectivity index (χ3n) is 6.35. The Morgan fingerprint density at radius 2 is 1.94 bits per heavy atom. The molecule has 0 unspecified atom stereocenters. The fraction of sp³-hybridized carbons (Fsp3) is 0.375. The van der Waals surface area contributed by atoms with Gasteiger partial charge in [0.1, 0.15) is 23.7 Å². The molecule has 4 heterocycles. The lowest BCUT2D eigenvalue weighted by atomic mass is 10.00. The van der Waals surface area contributed by atoms with Crippen molar-refractivity contribution in [1.29, 1.82) is 0 Å². The van der Waals surface area contributed by atoms with Gasteiger partial charge in [0.05, 0.1) is 23.7 Å². The van der Waals surface area contributed by atoms with Crippen molar-refractivity contribution in [2.45, 2.75) is 50.9 Å². The van der Waals surface area contributed by atoms with Gasteiger partial charge in [-0.05, 0) is 36.2 Å². The molecule has 2 aliphatic rings. The Balaban J connectivity index is 1.46. The smallest absolute Gasteiger partial charge is 0.367 e. The van der Waals surface area contributed by atoms with Crippen molar-refractivity contribution in [3.05, 3.63) is 81.3 Å². The molecule has 3 aromatic rings. The zero-order valence-electron chi connectivity index (χ0n) is 18.7. The summed E-state index contributed by atoms with van der Waals surface area (Å²) in [5, 5.41) is 2.71. The molecular formula is C24H22F4N4O3. The van der Waals surface area contributed by atoms with Gasteiger partial charge in [-0.25, -0.2) is 9.37 Å². The van der Waals surface area contributed by atoms with Crippen molar-refractivity contribution in [3.8, 4) is 5.69 Å². The highest BCUT2D eigenvalue weighted by Crippen LogP contribution is 2.38. The van der Waals surface area contributed by atoms with Crippen LogP contribution >= 0.6 is 0 Å². The first kappa shape index (κ1) is 23.3. The van der Waals surface area contributed by atoms with Gasteiger partial charge in [0.15, 0.2) is 0 Å². The number of alkyl halides is 4. The predicted molar refractivity (Wildman–Crippen MR) is 117 cm³/mol. The second-order valence-corrected chi connectivity index (χ2v) is 8.79. The Morgan fingerprint density at radius 1 is 1.20 bits per heavy atom. The highest BCUT2D eigenvalue weighted by molar-refractivity contribution is 5.93. The Morgan fingerprint density at radius 3 is 2.60 bits per heavy atom. The number of pyridine rings is 1. The summed E-state index contributed by atoms with van der Waals surface area (Å²) in [5.41, 5.74) is 0.841. The molecule has 2 aliphatic heterocycles. The van der Waals surface area contributed by atoms with E-state index in [4.69, 9.17) is 4.74 Å². The lowest BCUT2D eigenvalue weighted by molar-refractivity contribution is -0.137. The van der Waals surface area contributed by atoms with Crippen LogP contribution in [0.5, 0.6) is 0 Å². The molecular weight excluding hydrogens is 468 g/mol. The number of rotatable bonds is 4. The molecule has 1 N–H and O–H groups in total. The zero-order valence-corrected chi connectivity index (χ0v) is 18.7. The number of fused-ring (bicyclic) bond motifs is 1. The molecule has 1 fully saturated rings. The Bertz CT molecular complexity index is 1330. The van der Waals surface area contributed by atoms with Crippen LogP contribution < -0.4 is 10.9 Å². The minimum absolute atomic E-state index is 0.00129. The molecule has 3 atom stereocenters. The lowest BCUT2D eigenvalue weighted by Crippen LogP contribution is -2.42. The summed E-state index contributed by atoms with van der Waals surface area (Å²) in [5.74, 6) is -0.374. The number of nitrogens with zero attached hydrogens (tertiary/aromatic N) is 3. The van der Waals surface area contributed by atoms with Crippen LogP contribution in [-0.2, 0) is 23.9 Å². The van der Waals surface area contributed by atoms with E-state index in [0.29, 0.717) is 35.6 Å². The minimum Gasteiger partial charge on any atom is -0.367 e. The monoisotopic (exact) mass is 490 g/mol. The van der Waals surface area contributed by atoms with Crippen LogP contribution in [0.4, 0.5) is 17.6 Å². The molecule has 0 saturated carbocycles. The normalized spacial score (nSPS) is 22.2. The number of hydrogen-bond donors (Lipinski definition) is 1. The van der Waals surface area contributed by atoms with E-state index in [1.54, 1.807) is 23.8 Å². The first-order valence-corrected chi connectivity index (χ1v) is 11.1. The second-order valence-electron chi connectivity index (χ2n) is 8.79. The molecule has 11 heteroatoms. The average molecular weight is 490 g/mol. The van der Waals surface area contributed by atoms with E-state index in [1.165, 1.54) is 23.0 Å². The van der Waals surface area contributed by atoms with Gasteiger partial charge < -0.3 is 19.2 Å². The fourth-order valence-electron chi connectivity index (χ4n) is 4.69. The summed E-state index contributed by atoms with van der Waals surface area (Å²) in [6.45, 7) is 2.43. The maximum Gasteiger partial charge on any atom is 0.416 e. The van der Waals surface area contributed by atoms with Crippen molar-refractivity contribution in [1.82, 2.24) is 19.4 Å². The van der Waals surface area contributed by atoms with E-state index in [1.807, 2.05) is 0 Å². The largest absolute Gasteiger partial charge is 0.416 e. The number of imidazole rings is 1. The van der Waals surface area contributed by atoms with Gasteiger partial charge in [-0.1, -0.05) is 12.1 Å². The van der Waals surface area contributed by atoms with Crippen LogP contribution in [0.15, 0.2) is 47.7 Å². The minimum atomic E-state index is -4.48. The van der Waals surface area contributed by atoms with Crippen LogP contribution in [0.2, 0.25) is 0 Å². The summed E-state index contributed by atoms with van der Waals surface area (Å²) in [6, 6.07) is 5.86. The molecule has 0 aliphatic carbocycles. The Hall–Kier alpha value is -3.47. The number of hydrogen-bond acceptors (Lipinski definition) is 4. The molecule has 0 bridgehead atoms. The van der Waals surface area contributed by atoms with E-state index in [2.05, 4.69) is 10.3 Å². The molecule has 0 spiro atoms. The molecule has 2 aromatic heterocycles. The molecule has 1 aromatic carbocycles. The molecule has 5 rings (SSSR count). The van der Waals surface area contributed by atoms with Gasteiger partial charge in [-0.2, -0.15) is 13.2 Å². The predicted octanol–water partition coefficient (Wildman–Crippen LogP) is 3.52. The third kappa shape index (κ3) is 4.36. The molecule has 0 radical (unpaired) electrons. The lowest BCUT2D eigenvalue weighted by Gasteiger charge is -2.23. The third-order valence-corrected chi connectivity index (χ3v) is 6.35. The van der Waals surface area contributed by atoms with Crippen molar-refractivity contribution >= 4 is 5.91 Å². The summed E-state index contributed by atoms with van der Waals surface area (Å²) < 4.78 is 62.4. The zero-order chi connectivity index (χ0) is 24.9. The summed E-state index contributed by atoms with van der Waals surface area (Å²) in [6.07, 6.45) is -4.25. The maximum atomic E-state index is 14.9. The van der Waals surface area contributed by atoms with Gasteiger partial charge in [0.25, 0.3) is 11.5 Å². The highest BCUT2D eigenvalue weighted by Gasteiger charge is 2.38. The van der Waals surface area contributed by atoms with E-state index >= 15 is 0 Å². The number of amides is 1. The molecule has 184 valence electrons. The van der Waals surface area contributed by atoms with Crippen molar-refractivity contribution < 1.29 is 27.1 Å². The standard InChI is InChI=1S/C24H22F4N4O3/c1-13-11-31(12-30-13)20-15(9-19-22(33)29-6-7-32(19)23(20)34)8-17-10-18(25)21(35-17)14-2-4-16(5-3-14)24(26,27)28/h2-5,9,11-12,17-18,21H,6-8,10H2,1H3,(H,29,33)/t17-,18+,21-/m0/s1. The van der Waals surface area contributed by atoms with Gasteiger partial charge in [-0.3, -0.25) is 9.59 Å².